The van der Waals surface area contributed by atoms with Crippen LogP contribution in [0.4, 0.5) is 5.13 Å². The summed E-state index contributed by atoms with van der Waals surface area (Å²) in [6, 6.07) is 6.42. The van der Waals surface area contributed by atoms with Crippen molar-refractivity contribution in [3.8, 4) is 11.3 Å². The number of likely N-dealkylation sites (tertiary alicyclic amines) is 1. The molecule has 4 rings (SSSR count). The van der Waals surface area contributed by atoms with Crippen molar-refractivity contribution < 1.29 is 9.32 Å². The van der Waals surface area contributed by atoms with Crippen LogP contribution in [0.25, 0.3) is 11.3 Å². The number of aromatic nitrogens is 2. The van der Waals surface area contributed by atoms with E-state index in [0.29, 0.717) is 11.7 Å². The second-order valence-electron chi connectivity index (χ2n) is 7.84. The summed E-state index contributed by atoms with van der Waals surface area (Å²) in [6.07, 6.45) is 2.03. The molecule has 0 spiro atoms. The number of anilines is 1. The van der Waals surface area contributed by atoms with E-state index in [2.05, 4.69) is 53.3 Å². The maximum Gasteiger partial charge on any atom is 0.240 e. The van der Waals surface area contributed by atoms with Crippen LogP contribution in [0.2, 0.25) is 0 Å². The molecule has 6 nitrogen and oxygen atoms in total. The third kappa shape index (κ3) is 4.26. The largest absolute Gasteiger partial charge is 0.359 e. The predicted molar refractivity (Wildman–Crippen MR) is 115 cm³/mol. The van der Waals surface area contributed by atoms with Crippen molar-refractivity contribution in [2.75, 3.05) is 18.4 Å². The molecular formula is C22H26N4O2S. The highest BCUT2D eigenvalue weighted by molar-refractivity contribution is 7.14. The SMILES string of the molecule is Cc1cc(C2CCCN2CC(=O)Nc2nc(-c3cc(C)c(C)cc3C)cs2)on1. The molecule has 3 aromatic rings. The average molecular weight is 411 g/mol. The number of thiazole rings is 1. The first-order valence-corrected chi connectivity index (χ1v) is 10.8. The minimum absolute atomic E-state index is 0.0501. The number of hydrogen-bond acceptors (Lipinski definition) is 6. The fraction of sp³-hybridized carbons (Fsp3) is 0.409. The zero-order valence-electron chi connectivity index (χ0n) is 17.3. The van der Waals surface area contributed by atoms with Crippen LogP contribution in [-0.2, 0) is 4.79 Å². The Morgan fingerprint density at radius 1 is 1.21 bits per heavy atom. The molecule has 152 valence electrons. The van der Waals surface area contributed by atoms with E-state index in [1.54, 1.807) is 0 Å². The normalized spacial score (nSPS) is 17.0. The van der Waals surface area contributed by atoms with Gasteiger partial charge in [-0.3, -0.25) is 9.69 Å². The van der Waals surface area contributed by atoms with Gasteiger partial charge >= 0.3 is 0 Å². The quantitative estimate of drug-likeness (QED) is 0.654. The Morgan fingerprint density at radius 3 is 2.76 bits per heavy atom. The number of nitrogens with one attached hydrogen (secondary N) is 1. The molecule has 1 aliphatic heterocycles. The molecule has 0 saturated carbocycles. The molecule has 1 aromatic carbocycles. The monoisotopic (exact) mass is 410 g/mol. The Morgan fingerprint density at radius 2 is 2.00 bits per heavy atom. The predicted octanol–water partition coefficient (Wildman–Crippen LogP) is 4.81. The van der Waals surface area contributed by atoms with Gasteiger partial charge < -0.3 is 9.84 Å². The molecule has 0 aliphatic carbocycles. The van der Waals surface area contributed by atoms with Crippen molar-refractivity contribution in [1.29, 1.82) is 0 Å². The minimum atomic E-state index is -0.0501. The van der Waals surface area contributed by atoms with E-state index in [4.69, 9.17) is 4.52 Å². The zero-order chi connectivity index (χ0) is 20.5. The Bertz CT molecular complexity index is 1040. The van der Waals surface area contributed by atoms with E-state index in [-0.39, 0.29) is 11.9 Å². The fourth-order valence-electron chi connectivity index (χ4n) is 3.91. The van der Waals surface area contributed by atoms with Gasteiger partial charge in [0.05, 0.1) is 24.0 Å². The fourth-order valence-corrected chi connectivity index (χ4v) is 4.64. The number of benzene rings is 1. The molecule has 1 fully saturated rings. The highest BCUT2D eigenvalue weighted by Gasteiger charge is 2.30. The molecule has 0 radical (unpaired) electrons. The van der Waals surface area contributed by atoms with Crippen molar-refractivity contribution in [3.63, 3.8) is 0 Å². The molecule has 3 heterocycles. The van der Waals surface area contributed by atoms with Crippen molar-refractivity contribution >= 4 is 22.4 Å². The summed E-state index contributed by atoms with van der Waals surface area (Å²) in [4.78, 5) is 19.4. The van der Waals surface area contributed by atoms with Gasteiger partial charge in [0.15, 0.2) is 10.9 Å². The van der Waals surface area contributed by atoms with E-state index in [1.807, 2.05) is 18.4 Å². The smallest absolute Gasteiger partial charge is 0.240 e. The summed E-state index contributed by atoms with van der Waals surface area (Å²) in [5.74, 6) is 0.792. The summed E-state index contributed by atoms with van der Waals surface area (Å²) >= 11 is 1.46. The molecule has 1 saturated heterocycles. The molecule has 29 heavy (non-hydrogen) atoms. The van der Waals surface area contributed by atoms with Crippen LogP contribution in [0.5, 0.6) is 0 Å². The lowest BCUT2D eigenvalue weighted by Gasteiger charge is -2.21. The molecular weight excluding hydrogens is 384 g/mol. The lowest BCUT2D eigenvalue weighted by molar-refractivity contribution is -0.117. The maximum atomic E-state index is 12.6. The minimum Gasteiger partial charge on any atom is -0.359 e. The van der Waals surface area contributed by atoms with Crippen LogP contribution >= 0.6 is 11.3 Å². The second-order valence-corrected chi connectivity index (χ2v) is 8.69. The maximum absolute atomic E-state index is 12.6. The lowest BCUT2D eigenvalue weighted by atomic mass is 9.99. The van der Waals surface area contributed by atoms with Gasteiger partial charge in [-0.2, -0.15) is 0 Å². The number of amides is 1. The average Bonchev–Trinajstić information content (AvgIpc) is 3.39. The Hall–Kier alpha value is -2.51. The molecule has 1 N–H and O–H groups in total. The summed E-state index contributed by atoms with van der Waals surface area (Å²) < 4.78 is 5.43. The Labute approximate surface area is 174 Å². The number of nitrogens with zero attached hydrogens (tertiary/aromatic N) is 3. The molecule has 1 amide bonds. The lowest BCUT2D eigenvalue weighted by Crippen LogP contribution is -2.32. The Kier molecular flexibility index (Phi) is 5.52. The first-order chi connectivity index (χ1) is 13.9. The van der Waals surface area contributed by atoms with Crippen LogP contribution in [0.1, 0.15) is 47.0 Å². The third-order valence-corrected chi connectivity index (χ3v) is 6.31. The highest BCUT2D eigenvalue weighted by Crippen LogP contribution is 2.32. The van der Waals surface area contributed by atoms with Crippen molar-refractivity contribution in [2.24, 2.45) is 0 Å². The summed E-state index contributed by atoms with van der Waals surface area (Å²) in [5, 5.41) is 9.58. The summed E-state index contributed by atoms with van der Waals surface area (Å²) in [5.41, 5.74) is 6.60. The van der Waals surface area contributed by atoms with E-state index >= 15 is 0 Å². The van der Waals surface area contributed by atoms with E-state index < -0.39 is 0 Å². The number of carbonyl (C=O) groups excluding carboxylic acids is 1. The van der Waals surface area contributed by atoms with Crippen molar-refractivity contribution in [3.05, 3.63) is 51.7 Å². The van der Waals surface area contributed by atoms with Crippen LogP contribution in [0, 0.1) is 27.7 Å². The van der Waals surface area contributed by atoms with Crippen molar-refractivity contribution in [1.82, 2.24) is 15.0 Å². The van der Waals surface area contributed by atoms with Gasteiger partial charge in [0, 0.05) is 17.0 Å². The Balaban J connectivity index is 1.42. The second kappa shape index (κ2) is 8.08. The number of carbonyl (C=O) groups is 1. The molecule has 1 unspecified atom stereocenters. The first-order valence-electron chi connectivity index (χ1n) is 9.91. The van der Waals surface area contributed by atoms with E-state index in [0.717, 1.165) is 42.1 Å². The molecule has 2 aromatic heterocycles. The van der Waals surface area contributed by atoms with Gasteiger partial charge in [-0.25, -0.2) is 4.98 Å². The summed E-state index contributed by atoms with van der Waals surface area (Å²) in [7, 11) is 0. The first kappa shape index (κ1) is 19.8. The molecule has 0 bridgehead atoms. The molecule has 1 aliphatic rings. The van der Waals surface area contributed by atoms with E-state index in [1.165, 1.54) is 28.0 Å². The van der Waals surface area contributed by atoms with Crippen LogP contribution in [0.15, 0.2) is 28.1 Å². The highest BCUT2D eigenvalue weighted by atomic mass is 32.1. The standard InChI is InChI=1S/C22H26N4O2S/c1-13-8-15(3)17(9-14(13)2)18-12-29-22(23-18)24-21(27)11-26-7-5-6-19(26)20-10-16(4)25-28-20/h8-10,12,19H,5-7,11H2,1-4H3,(H,23,24,27). The van der Waals surface area contributed by atoms with Gasteiger partial charge in [-0.15, -0.1) is 11.3 Å². The van der Waals surface area contributed by atoms with Crippen molar-refractivity contribution in [2.45, 2.75) is 46.6 Å². The van der Waals surface area contributed by atoms with Gasteiger partial charge in [-0.05, 0) is 69.8 Å². The van der Waals surface area contributed by atoms with E-state index in [9.17, 15) is 4.79 Å². The number of hydrogen-bond donors (Lipinski definition) is 1. The summed E-state index contributed by atoms with van der Waals surface area (Å²) in [6.45, 7) is 9.43. The zero-order valence-corrected chi connectivity index (χ0v) is 18.1. The third-order valence-electron chi connectivity index (χ3n) is 5.55. The number of rotatable bonds is 5. The van der Waals surface area contributed by atoms with Gasteiger partial charge in [-0.1, -0.05) is 11.2 Å². The van der Waals surface area contributed by atoms with Gasteiger partial charge in [0.1, 0.15) is 0 Å². The molecule has 7 heteroatoms. The van der Waals surface area contributed by atoms with Gasteiger partial charge in [0.25, 0.3) is 0 Å². The topological polar surface area (TPSA) is 71.3 Å². The van der Waals surface area contributed by atoms with Crippen LogP contribution < -0.4 is 5.32 Å². The number of aryl methyl sites for hydroxylation is 4. The van der Waals surface area contributed by atoms with Crippen LogP contribution in [-0.4, -0.2) is 34.0 Å². The molecule has 1 atom stereocenters. The van der Waals surface area contributed by atoms with Gasteiger partial charge in [0.2, 0.25) is 5.91 Å². The van der Waals surface area contributed by atoms with Crippen LogP contribution in [0.3, 0.4) is 0 Å².